The zero-order valence-electron chi connectivity index (χ0n) is 12.5. The van der Waals surface area contributed by atoms with Crippen molar-refractivity contribution in [1.82, 2.24) is 0 Å². The topological polar surface area (TPSA) is 80.4 Å². The molecule has 2 unspecified atom stereocenters. The van der Waals surface area contributed by atoms with Gasteiger partial charge in [0.25, 0.3) is 5.69 Å². The maximum absolute atomic E-state index is 11.8. The molecule has 1 aliphatic rings. The molecule has 0 radical (unpaired) electrons. The van der Waals surface area contributed by atoms with Gasteiger partial charge in [-0.05, 0) is 37.7 Å². The predicted molar refractivity (Wildman–Crippen MR) is 79.2 cm³/mol. The zero-order valence-corrected chi connectivity index (χ0v) is 12.5. The number of nitro benzene ring substituents is 1. The highest BCUT2D eigenvalue weighted by atomic mass is 16.6. The Morgan fingerprint density at radius 3 is 2.81 bits per heavy atom. The van der Waals surface area contributed by atoms with E-state index in [0.717, 1.165) is 18.4 Å². The van der Waals surface area contributed by atoms with Crippen molar-refractivity contribution < 1.29 is 14.8 Å². The van der Waals surface area contributed by atoms with E-state index in [-0.39, 0.29) is 5.69 Å². The Morgan fingerprint density at radius 2 is 2.24 bits per heavy atom. The van der Waals surface area contributed by atoms with Crippen LogP contribution in [0.15, 0.2) is 18.2 Å². The number of rotatable bonds is 4. The Hall–Kier alpha value is -1.91. The second kappa shape index (κ2) is 5.84. The fraction of sp³-hybridized carbons (Fsp3) is 0.562. The van der Waals surface area contributed by atoms with Crippen molar-refractivity contribution in [3.05, 3.63) is 39.4 Å². The number of benzene rings is 1. The van der Waals surface area contributed by atoms with Gasteiger partial charge < -0.3 is 5.11 Å². The van der Waals surface area contributed by atoms with Gasteiger partial charge in [0.05, 0.1) is 10.3 Å². The van der Waals surface area contributed by atoms with Gasteiger partial charge in [0.15, 0.2) is 0 Å². The van der Waals surface area contributed by atoms with Crippen LogP contribution in [-0.4, -0.2) is 16.0 Å². The Bertz CT molecular complexity index is 569. The van der Waals surface area contributed by atoms with Crippen molar-refractivity contribution >= 4 is 11.7 Å². The number of carbonyl (C=O) groups is 1. The molecule has 1 N–H and O–H groups in total. The van der Waals surface area contributed by atoms with Crippen LogP contribution in [0, 0.1) is 28.4 Å². The van der Waals surface area contributed by atoms with Crippen LogP contribution in [0.1, 0.15) is 43.7 Å². The summed E-state index contributed by atoms with van der Waals surface area (Å²) in [6, 6.07) is 4.92. The Labute approximate surface area is 124 Å². The molecule has 2 atom stereocenters. The number of carboxylic acids is 1. The van der Waals surface area contributed by atoms with Crippen molar-refractivity contribution in [1.29, 1.82) is 0 Å². The van der Waals surface area contributed by atoms with E-state index in [1.54, 1.807) is 13.0 Å². The first-order chi connectivity index (χ1) is 9.85. The van der Waals surface area contributed by atoms with Crippen molar-refractivity contribution in [2.45, 2.75) is 46.0 Å². The van der Waals surface area contributed by atoms with E-state index in [4.69, 9.17) is 0 Å². The number of carboxylic acid groups (broad SMARTS) is 1. The first-order valence-corrected chi connectivity index (χ1v) is 7.32. The summed E-state index contributed by atoms with van der Waals surface area (Å²) >= 11 is 0. The van der Waals surface area contributed by atoms with E-state index in [2.05, 4.69) is 6.92 Å². The monoisotopic (exact) mass is 291 g/mol. The maximum Gasteiger partial charge on any atom is 0.309 e. The summed E-state index contributed by atoms with van der Waals surface area (Å²) in [7, 11) is 0. The lowest BCUT2D eigenvalue weighted by molar-refractivity contribution is -0.385. The first-order valence-electron chi connectivity index (χ1n) is 7.32. The van der Waals surface area contributed by atoms with E-state index in [1.165, 1.54) is 6.07 Å². The summed E-state index contributed by atoms with van der Waals surface area (Å²) < 4.78 is 0. The van der Waals surface area contributed by atoms with Crippen LogP contribution in [0.2, 0.25) is 0 Å². The van der Waals surface area contributed by atoms with Crippen LogP contribution in [-0.2, 0) is 11.2 Å². The highest BCUT2D eigenvalue weighted by molar-refractivity contribution is 5.75. The van der Waals surface area contributed by atoms with Gasteiger partial charge in [-0.2, -0.15) is 0 Å². The minimum Gasteiger partial charge on any atom is -0.481 e. The summed E-state index contributed by atoms with van der Waals surface area (Å²) in [6.45, 7) is 3.78. The van der Waals surface area contributed by atoms with E-state index < -0.39 is 16.3 Å². The molecule has 114 valence electrons. The first kappa shape index (κ1) is 15.5. The fourth-order valence-corrected chi connectivity index (χ4v) is 3.51. The molecule has 2 rings (SSSR count). The second-order valence-electron chi connectivity index (χ2n) is 6.28. The number of aliphatic carboxylic acids is 1. The zero-order chi connectivity index (χ0) is 15.6. The number of nitro groups is 1. The van der Waals surface area contributed by atoms with Crippen molar-refractivity contribution in [2.24, 2.45) is 11.3 Å². The lowest BCUT2D eigenvalue weighted by atomic mass is 9.66. The third kappa shape index (κ3) is 3.06. The standard InChI is InChI=1S/C16H21NO4/c1-11-5-4-8-16(9-11,15(18)19)10-13-6-3-7-14(12(13)2)17(20)21/h3,6-7,11H,4-5,8-10H2,1-2H3,(H,18,19). The number of nitrogens with zero attached hydrogens (tertiary/aromatic N) is 1. The molecule has 0 spiro atoms. The van der Waals surface area contributed by atoms with Gasteiger partial charge in [-0.1, -0.05) is 31.9 Å². The lowest BCUT2D eigenvalue weighted by Gasteiger charge is -2.36. The van der Waals surface area contributed by atoms with E-state index in [9.17, 15) is 20.0 Å². The van der Waals surface area contributed by atoms with Gasteiger partial charge in [-0.25, -0.2) is 0 Å². The molecule has 1 aromatic carbocycles. The van der Waals surface area contributed by atoms with Gasteiger partial charge in [0.1, 0.15) is 0 Å². The Balaban J connectivity index is 2.36. The lowest BCUT2D eigenvalue weighted by Crippen LogP contribution is -2.38. The molecule has 1 aliphatic carbocycles. The molecule has 0 aromatic heterocycles. The summed E-state index contributed by atoms with van der Waals surface area (Å²) in [5.41, 5.74) is 0.649. The predicted octanol–water partition coefficient (Wildman–Crippen LogP) is 3.73. The molecule has 0 amide bonds. The van der Waals surface area contributed by atoms with Crippen LogP contribution in [0.3, 0.4) is 0 Å². The molecule has 0 saturated heterocycles. The molecule has 0 heterocycles. The normalized spacial score (nSPS) is 25.5. The molecule has 5 heteroatoms. The van der Waals surface area contributed by atoms with E-state index in [1.807, 2.05) is 6.07 Å². The number of hydrogen-bond acceptors (Lipinski definition) is 3. The highest BCUT2D eigenvalue weighted by Crippen LogP contribution is 2.43. The van der Waals surface area contributed by atoms with Crippen LogP contribution in [0.5, 0.6) is 0 Å². The largest absolute Gasteiger partial charge is 0.481 e. The molecule has 21 heavy (non-hydrogen) atoms. The van der Waals surface area contributed by atoms with Gasteiger partial charge >= 0.3 is 5.97 Å². The van der Waals surface area contributed by atoms with Gasteiger partial charge in [-0.15, -0.1) is 0 Å². The second-order valence-corrected chi connectivity index (χ2v) is 6.28. The average molecular weight is 291 g/mol. The Morgan fingerprint density at radius 1 is 1.52 bits per heavy atom. The van der Waals surface area contributed by atoms with Crippen LogP contribution in [0.4, 0.5) is 5.69 Å². The molecule has 0 bridgehead atoms. The minimum atomic E-state index is -0.780. The van der Waals surface area contributed by atoms with Gasteiger partial charge in [-0.3, -0.25) is 14.9 Å². The van der Waals surface area contributed by atoms with Gasteiger partial charge in [0, 0.05) is 11.6 Å². The number of hydrogen-bond donors (Lipinski definition) is 1. The van der Waals surface area contributed by atoms with Gasteiger partial charge in [0.2, 0.25) is 0 Å². The maximum atomic E-state index is 11.8. The highest BCUT2D eigenvalue weighted by Gasteiger charge is 2.42. The SMILES string of the molecule is Cc1c(CC2(C(=O)O)CCCC(C)C2)cccc1[N+](=O)[O-]. The Kier molecular flexibility index (Phi) is 4.30. The summed E-state index contributed by atoms with van der Waals surface area (Å²) in [5.74, 6) is -0.395. The quantitative estimate of drug-likeness (QED) is 0.677. The van der Waals surface area contributed by atoms with Crippen molar-refractivity contribution in [3.63, 3.8) is 0 Å². The average Bonchev–Trinajstić information content (AvgIpc) is 2.40. The molecule has 1 saturated carbocycles. The van der Waals surface area contributed by atoms with Crippen LogP contribution >= 0.6 is 0 Å². The van der Waals surface area contributed by atoms with E-state index in [0.29, 0.717) is 30.7 Å². The van der Waals surface area contributed by atoms with E-state index >= 15 is 0 Å². The van der Waals surface area contributed by atoms with Crippen molar-refractivity contribution in [2.75, 3.05) is 0 Å². The molecular formula is C16H21NO4. The summed E-state index contributed by atoms with van der Waals surface area (Å²) in [6.07, 6.45) is 3.63. The molecule has 5 nitrogen and oxygen atoms in total. The molecular weight excluding hydrogens is 270 g/mol. The summed E-state index contributed by atoms with van der Waals surface area (Å²) in [5, 5.41) is 20.7. The summed E-state index contributed by atoms with van der Waals surface area (Å²) in [4.78, 5) is 22.4. The molecule has 1 aromatic rings. The van der Waals surface area contributed by atoms with Crippen LogP contribution < -0.4 is 0 Å². The fourth-order valence-electron chi connectivity index (χ4n) is 3.51. The molecule has 0 aliphatic heterocycles. The smallest absolute Gasteiger partial charge is 0.309 e. The van der Waals surface area contributed by atoms with Crippen LogP contribution in [0.25, 0.3) is 0 Å². The third-order valence-electron chi connectivity index (χ3n) is 4.69. The third-order valence-corrected chi connectivity index (χ3v) is 4.69. The van der Waals surface area contributed by atoms with Crippen molar-refractivity contribution in [3.8, 4) is 0 Å². The molecule has 1 fully saturated rings. The minimum absolute atomic E-state index is 0.0666.